The number of benzene rings is 2. The summed E-state index contributed by atoms with van der Waals surface area (Å²) in [7, 11) is -3.98. The van der Waals surface area contributed by atoms with Gasteiger partial charge in [-0.25, -0.2) is 8.42 Å². The lowest BCUT2D eigenvalue weighted by molar-refractivity contribution is -0.387. The summed E-state index contributed by atoms with van der Waals surface area (Å²) in [5, 5.41) is 11.3. The number of hydrogen-bond donors (Lipinski definition) is 0. The zero-order valence-electron chi connectivity index (χ0n) is 14.7. The molecule has 2 aromatic carbocycles. The van der Waals surface area contributed by atoms with Crippen LogP contribution in [-0.2, 0) is 10.0 Å². The Bertz CT molecular complexity index is 894. The van der Waals surface area contributed by atoms with Crippen LogP contribution in [0.4, 0.5) is 5.69 Å². The number of aryl methyl sites for hydroxylation is 1. The van der Waals surface area contributed by atoms with Crippen molar-refractivity contribution in [2.45, 2.75) is 43.5 Å². The van der Waals surface area contributed by atoms with Crippen molar-refractivity contribution in [3.63, 3.8) is 0 Å². The average Bonchev–Trinajstić information content (AvgIpc) is 2.89. The van der Waals surface area contributed by atoms with Crippen molar-refractivity contribution in [1.29, 1.82) is 0 Å². The van der Waals surface area contributed by atoms with Gasteiger partial charge in [-0.05, 0) is 31.4 Å². The predicted molar refractivity (Wildman–Crippen MR) is 99.4 cm³/mol. The summed E-state index contributed by atoms with van der Waals surface area (Å²) >= 11 is 0. The second-order valence-corrected chi connectivity index (χ2v) is 8.48. The molecule has 1 heterocycles. The Kier molecular flexibility index (Phi) is 5.38. The highest BCUT2D eigenvalue weighted by molar-refractivity contribution is 7.89. The molecule has 3 rings (SSSR count). The van der Waals surface area contributed by atoms with Gasteiger partial charge in [-0.3, -0.25) is 10.1 Å². The standard InChI is InChI=1S/C19H22N2O4S/c1-15-10-12-16(13-11-15)17-7-3-2-6-14-20(17)26(24,25)19-9-5-4-8-18(19)21(22)23/h4-5,8-13,17H,2-3,6-7,14H2,1H3/t17-/m1/s1. The summed E-state index contributed by atoms with van der Waals surface area (Å²) in [6.07, 6.45) is 3.35. The molecule has 1 fully saturated rings. The topological polar surface area (TPSA) is 80.5 Å². The van der Waals surface area contributed by atoms with E-state index < -0.39 is 14.9 Å². The Labute approximate surface area is 153 Å². The minimum atomic E-state index is -3.98. The van der Waals surface area contributed by atoms with Gasteiger partial charge in [0, 0.05) is 12.6 Å². The SMILES string of the molecule is Cc1ccc([C@H]2CCCCCN2S(=O)(=O)c2ccccc2[N+](=O)[O-])cc1. The molecule has 0 aromatic heterocycles. The van der Waals surface area contributed by atoms with E-state index in [-0.39, 0.29) is 16.6 Å². The van der Waals surface area contributed by atoms with Crippen LogP contribution in [0.3, 0.4) is 0 Å². The first-order chi connectivity index (χ1) is 12.4. The van der Waals surface area contributed by atoms with Crippen molar-refractivity contribution in [3.05, 3.63) is 69.8 Å². The molecular formula is C19H22N2O4S. The Hall–Kier alpha value is -2.25. The third kappa shape index (κ3) is 3.64. The van der Waals surface area contributed by atoms with Gasteiger partial charge in [-0.1, -0.05) is 54.8 Å². The van der Waals surface area contributed by atoms with E-state index >= 15 is 0 Å². The summed E-state index contributed by atoms with van der Waals surface area (Å²) in [6.45, 7) is 2.35. The first kappa shape index (κ1) is 18.5. The highest BCUT2D eigenvalue weighted by atomic mass is 32.2. The number of rotatable bonds is 4. The summed E-state index contributed by atoms with van der Waals surface area (Å²) < 4.78 is 28.1. The van der Waals surface area contributed by atoms with Gasteiger partial charge in [0.25, 0.3) is 5.69 Å². The summed E-state index contributed by atoms with van der Waals surface area (Å²) in [4.78, 5) is 10.5. The zero-order chi connectivity index (χ0) is 18.7. The fourth-order valence-electron chi connectivity index (χ4n) is 3.44. The zero-order valence-corrected chi connectivity index (χ0v) is 15.5. The molecule has 0 saturated carbocycles. The molecule has 0 radical (unpaired) electrons. The normalized spacial score (nSPS) is 19.0. The Morgan fingerprint density at radius 2 is 1.73 bits per heavy atom. The molecule has 0 bridgehead atoms. The maximum absolute atomic E-state index is 13.3. The summed E-state index contributed by atoms with van der Waals surface area (Å²) in [5.74, 6) is 0. The van der Waals surface area contributed by atoms with Gasteiger partial charge in [-0.2, -0.15) is 4.31 Å². The van der Waals surface area contributed by atoms with Crippen LogP contribution in [0.25, 0.3) is 0 Å². The molecule has 0 N–H and O–H groups in total. The third-order valence-electron chi connectivity index (χ3n) is 4.81. The van der Waals surface area contributed by atoms with Crippen molar-refractivity contribution in [3.8, 4) is 0 Å². The van der Waals surface area contributed by atoms with E-state index in [0.29, 0.717) is 13.0 Å². The quantitative estimate of drug-likeness (QED) is 0.593. The van der Waals surface area contributed by atoms with Crippen LogP contribution >= 0.6 is 0 Å². The summed E-state index contributed by atoms with van der Waals surface area (Å²) in [6, 6.07) is 13.1. The molecule has 7 heteroatoms. The first-order valence-electron chi connectivity index (χ1n) is 8.73. The molecule has 1 aliphatic rings. The monoisotopic (exact) mass is 374 g/mol. The molecule has 1 saturated heterocycles. The highest BCUT2D eigenvalue weighted by Crippen LogP contribution is 2.37. The number of hydrogen-bond acceptors (Lipinski definition) is 4. The molecule has 138 valence electrons. The van der Waals surface area contributed by atoms with Crippen molar-refractivity contribution in [2.75, 3.05) is 6.54 Å². The van der Waals surface area contributed by atoms with Crippen LogP contribution in [0.15, 0.2) is 53.4 Å². The van der Waals surface area contributed by atoms with Crippen molar-refractivity contribution in [1.82, 2.24) is 4.31 Å². The molecule has 1 aliphatic heterocycles. The molecular weight excluding hydrogens is 352 g/mol. The number of nitro benzene ring substituents is 1. The van der Waals surface area contributed by atoms with Gasteiger partial charge in [0.15, 0.2) is 4.90 Å². The van der Waals surface area contributed by atoms with Crippen LogP contribution in [0.1, 0.15) is 42.9 Å². The van der Waals surface area contributed by atoms with E-state index in [1.165, 1.54) is 28.6 Å². The third-order valence-corrected chi connectivity index (χ3v) is 6.77. The molecule has 1 atom stereocenters. The van der Waals surface area contributed by atoms with Crippen molar-refractivity contribution in [2.24, 2.45) is 0 Å². The molecule has 6 nitrogen and oxygen atoms in total. The van der Waals surface area contributed by atoms with Crippen LogP contribution < -0.4 is 0 Å². The van der Waals surface area contributed by atoms with Crippen LogP contribution in [-0.4, -0.2) is 24.2 Å². The fraction of sp³-hybridized carbons (Fsp3) is 0.368. The number of sulfonamides is 1. The molecule has 0 spiro atoms. The maximum Gasteiger partial charge on any atom is 0.289 e. The largest absolute Gasteiger partial charge is 0.289 e. The second-order valence-electron chi connectivity index (χ2n) is 6.62. The van der Waals surface area contributed by atoms with Crippen LogP contribution in [0.2, 0.25) is 0 Å². The lowest BCUT2D eigenvalue weighted by Crippen LogP contribution is -2.35. The van der Waals surface area contributed by atoms with Gasteiger partial charge in [0.2, 0.25) is 10.0 Å². The van der Waals surface area contributed by atoms with E-state index in [0.717, 1.165) is 30.4 Å². The molecule has 0 aliphatic carbocycles. The average molecular weight is 374 g/mol. The van der Waals surface area contributed by atoms with Crippen molar-refractivity contribution >= 4 is 15.7 Å². The predicted octanol–water partition coefficient (Wildman–Crippen LogP) is 4.21. The highest BCUT2D eigenvalue weighted by Gasteiger charge is 2.37. The van der Waals surface area contributed by atoms with Gasteiger partial charge < -0.3 is 0 Å². The van der Waals surface area contributed by atoms with Gasteiger partial charge in [0.05, 0.1) is 11.0 Å². The van der Waals surface area contributed by atoms with Crippen LogP contribution in [0, 0.1) is 17.0 Å². The maximum atomic E-state index is 13.3. The Morgan fingerprint density at radius 3 is 2.42 bits per heavy atom. The van der Waals surface area contributed by atoms with E-state index in [2.05, 4.69) is 0 Å². The lowest BCUT2D eigenvalue weighted by atomic mass is 10.0. The second kappa shape index (κ2) is 7.55. The molecule has 2 aromatic rings. The minimum Gasteiger partial charge on any atom is -0.258 e. The first-order valence-corrected chi connectivity index (χ1v) is 10.2. The van der Waals surface area contributed by atoms with Crippen LogP contribution in [0.5, 0.6) is 0 Å². The van der Waals surface area contributed by atoms with Gasteiger partial charge >= 0.3 is 0 Å². The smallest absolute Gasteiger partial charge is 0.258 e. The summed E-state index contributed by atoms with van der Waals surface area (Å²) in [5.41, 5.74) is 1.66. The molecule has 0 unspecified atom stereocenters. The van der Waals surface area contributed by atoms with E-state index in [9.17, 15) is 18.5 Å². The number of para-hydroxylation sites is 1. The van der Waals surface area contributed by atoms with E-state index in [1.54, 1.807) is 0 Å². The van der Waals surface area contributed by atoms with Gasteiger partial charge in [0.1, 0.15) is 0 Å². The molecule has 26 heavy (non-hydrogen) atoms. The Morgan fingerprint density at radius 1 is 1.04 bits per heavy atom. The Balaban J connectivity index is 2.08. The van der Waals surface area contributed by atoms with Gasteiger partial charge in [-0.15, -0.1) is 0 Å². The minimum absolute atomic E-state index is 0.232. The van der Waals surface area contributed by atoms with E-state index in [4.69, 9.17) is 0 Å². The number of nitrogens with zero attached hydrogens (tertiary/aromatic N) is 2. The number of nitro groups is 1. The van der Waals surface area contributed by atoms with Crippen molar-refractivity contribution < 1.29 is 13.3 Å². The fourth-order valence-corrected chi connectivity index (χ4v) is 5.29. The molecule has 0 amide bonds. The van der Waals surface area contributed by atoms with E-state index in [1.807, 2.05) is 31.2 Å². The lowest BCUT2D eigenvalue weighted by Gasteiger charge is -2.29.